The third-order valence-corrected chi connectivity index (χ3v) is 4.87. The average molecular weight is 351 g/mol. The van der Waals surface area contributed by atoms with Crippen molar-refractivity contribution >= 4 is 5.91 Å². The standard InChI is InChI=1S/C22H29N3O/c23-14-16-24(15-13-19-7-3-1-4-8-19)18-22(26)25(21-11-12-21)17-20-9-5-2-6-10-20/h1-10,21H,11-18,23H2. The minimum absolute atomic E-state index is 0.220. The van der Waals surface area contributed by atoms with Gasteiger partial charge >= 0.3 is 0 Å². The van der Waals surface area contributed by atoms with Gasteiger partial charge in [0.2, 0.25) is 5.91 Å². The van der Waals surface area contributed by atoms with E-state index in [0.717, 1.165) is 32.4 Å². The molecule has 0 unspecified atom stereocenters. The molecule has 2 aromatic rings. The van der Waals surface area contributed by atoms with E-state index in [-0.39, 0.29) is 5.91 Å². The Morgan fingerprint density at radius 1 is 0.923 bits per heavy atom. The van der Waals surface area contributed by atoms with Gasteiger partial charge in [0, 0.05) is 32.2 Å². The maximum Gasteiger partial charge on any atom is 0.237 e. The second-order valence-electron chi connectivity index (χ2n) is 7.04. The van der Waals surface area contributed by atoms with E-state index < -0.39 is 0 Å². The predicted octanol–water partition coefficient (Wildman–Crippen LogP) is 2.68. The number of carbonyl (C=O) groups excluding carboxylic acids is 1. The SMILES string of the molecule is NCCN(CCc1ccccc1)CC(=O)N(Cc1ccccc1)C1CC1. The van der Waals surface area contributed by atoms with Crippen LogP contribution in [-0.4, -0.2) is 47.9 Å². The first-order chi connectivity index (χ1) is 12.8. The minimum Gasteiger partial charge on any atom is -0.334 e. The van der Waals surface area contributed by atoms with Gasteiger partial charge in [-0.3, -0.25) is 9.69 Å². The van der Waals surface area contributed by atoms with Crippen LogP contribution in [-0.2, 0) is 17.8 Å². The van der Waals surface area contributed by atoms with E-state index in [9.17, 15) is 4.79 Å². The van der Waals surface area contributed by atoms with Crippen LogP contribution in [0.2, 0.25) is 0 Å². The molecule has 0 radical (unpaired) electrons. The number of carbonyl (C=O) groups is 1. The summed E-state index contributed by atoms with van der Waals surface area (Å²) in [6.45, 7) is 3.34. The van der Waals surface area contributed by atoms with E-state index >= 15 is 0 Å². The smallest absolute Gasteiger partial charge is 0.237 e. The van der Waals surface area contributed by atoms with Gasteiger partial charge in [0.05, 0.1) is 6.54 Å². The molecule has 4 heteroatoms. The molecule has 2 aromatic carbocycles. The van der Waals surface area contributed by atoms with Crippen molar-refractivity contribution in [2.24, 2.45) is 5.73 Å². The summed E-state index contributed by atoms with van der Waals surface area (Å²) in [5, 5.41) is 0. The van der Waals surface area contributed by atoms with E-state index in [0.29, 0.717) is 25.7 Å². The molecule has 0 saturated heterocycles. The third-order valence-electron chi connectivity index (χ3n) is 4.87. The van der Waals surface area contributed by atoms with Crippen LogP contribution < -0.4 is 5.73 Å². The molecule has 3 rings (SSSR count). The minimum atomic E-state index is 0.220. The molecule has 0 aliphatic heterocycles. The topological polar surface area (TPSA) is 49.6 Å². The Morgan fingerprint density at radius 2 is 1.54 bits per heavy atom. The van der Waals surface area contributed by atoms with Crippen molar-refractivity contribution in [1.82, 2.24) is 9.80 Å². The van der Waals surface area contributed by atoms with Crippen molar-refractivity contribution in [3.05, 3.63) is 71.8 Å². The lowest BCUT2D eigenvalue weighted by atomic mass is 10.1. The third kappa shape index (κ3) is 5.68. The van der Waals surface area contributed by atoms with E-state index in [2.05, 4.69) is 46.2 Å². The van der Waals surface area contributed by atoms with Crippen LogP contribution in [0.4, 0.5) is 0 Å². The van der Waals surface area contributed by atoms with E-state index in [4.69, 9.17) is 5.73 Å². The molecule has 1 aliphatic rings. The molecular formula is C22H29N3O. The highest BCUT2D eigenvalue weighted by atomic mass is 16.2. The van der Waals surface area contributed by atoms with E-state index in [1.165, 1.54) is 11.1 Å². The predicted molar refractivity (Wildman–Crippen MR) is 106 cm³/mol. The number of nitrogens with two attached hydrogens (primary N) is 1. The fourth-order valence-corrected chi connectivity index (χ4v) is 3.25. The van der Waals surface area contributed by atoms with Gasteiger partial charge in [-0.2, -0.15) is 0 Å². The Kier molecular flexibility index (Phi) is 6.81. The van der Waals surface area contributed by atoms with Gasteiger partial charge in [-0.05, 0) is 30.4 Å². The summed E-state index contributed by atoms with van der Waals surface area (Å²) in [5.74, 6) is 0.220. The molecule has 0 bridgehead atoms. The number of benzene rings is 2. The van der Waals surface area contributed by atoms with Gasteiger partial charge in [0.15, 0.2) is 0 Å². The van der Waals surface area contributed by atoms with Crippen LogP contribution in [0.5, 0.6) is 0 Å². The monoisotopic (exact) mass is 351 g/mol. The quantitative estimate of drug-likeness (QED) is 0.716. The number of amides is 1. The van der Waals surface area contributed by atoms with Gasteiger partial charge in [-0.1, -0.05) is 60.7 Å². The molecule has 0 aromatic heterocycles. The van der Waals surface area contributed by atoms with Crippen molar-refractivity contribution < 1.29 is 4.79 Å². The Labute approximate surface area is 156 Å². The molecule has 1 saturated carbocycles. The first kappa shape index (κ1) is 18.6. The van der Waals surface area contributed by atoms with Gasteiger partial charge in [0.25, 0.3) is 0 Å². The molecular weight excluding hydrogens is 322 g/mol. The number of nitrogens with zero attached hydrogens (tertiary/aromatic N) is 2. The first-order valence-electron chi connectivity index (χ1n) is 9.56. The second-order valence-corrected chi connectivity index (χ2v) is 7.04. The molecule has 138 valence electrons. The Balaban J connectivity index is 1.58. The molecule has 4 nitrogen and oxygen atoms in total. The summed E-state index contributed by atoms with van der Waals surface area (Å²) in [7, 11) is 0. The highest BCUT2D eigenvalue weighted by molar-refractivity contribution is 5.79. The fourth-order valence-electron chi connectivity index (χ4n) is 3.25. The summed E-state index contributed by atoms with van der Waals surface area (Å²) < 4.78 is 0. The lowest BCUT2D eigenvalue weighted by Crippen LogP contribution is -2.43. The van der Waals surface area contributed by atoms with Crippen LogP contribution >= 0.6 is 0 Å². The normalized spacial score (nSPS) is 13.8. The summed E-state index contributed by atoms with van der Waals surface area (Å²) in [4.78, 5) is 17.2. The second kappa shape index (κ2) is 9.51. The van der Waals surface area contributed by atoms with Crippen molar-refractivity contribution in [2.45, 2.75) is 31.8 Å². The van der Waals surface area contributed by atoms with Crippen LogP contribution in [0.15, 0.2) is 60.7 Å². The van der Waals surface area contributed by atoms with Crippen LogP contribution in [0.1, 0.15) is 24.0 Å². The van der Waals surface area contributed by atoms with Crippen molar-refractivity contribution in [3.8, 4) is 0 Å². The zero-order valence-electron chi connectivity index (χ0n) is 15.4. The number of hydrogen-bond donors (Lipinski definition) is 1. The lowest BCUT2D eigenvalue weighted by Gasteiger charge is -2.27. The highest BCUT2D eigenvalue weighted by Crippen LogP contribution is 2.28. The Morgan fingerprint density at radius 3 is 2.12 bits per heavy atom. The lowest BCUT2D eigenvalue weighted by molar-refractivity contribution is -0.133. The largest absolute Gasteiger partial charge is 0.334 e. The Hall–Kier alpha value is -2.17. The molecule has 26 heavy (non-hydrogen) atoms. The summed E-state index contributed by atoms with van der Waals surface area (Å²) in [6.07, 6.45) is 3.19. The zero-order chi connectivity index (χ0) is 18.2. The summed E-state index contributed by atoms with van der Waals surface area (Å²) in [5.41, 5.74) is 8.27. The van der Waals surface area contributed by atoms with Crippen molar-refractivity contribution in [3.63, 3.8) is 0 Å². The van der Waals surface area contributed by atoms with Crippen molar-refractivity contribution in [1.29, 1.82) is 0 Å². The molecule has 1 aliphatic carbocycles. The Bertz CT molecular complexity index is 670. The molecule has 0 heterocycles. The fraction of sp³-hybridized carbons (Fsp3) is 0.409. The molecule has 1 amide bonds. The van der Waals surface area contributed by atoms with Crippen molar-refractivity contribution in [2.75, 3.05) is 26.2 Å². The maximum atomic E-state index is 13.0. The summed E-state index contributed by atoms with van der Waals surface area (Å²) >= 11 is 0. The van der Waals surface area contributed by atoms with Gasteiger partial charge in [0.1, 0.15) is 0 Å². The molecule has 0 spiro atoms. The molecule has 1 fully saturated rings. The van der Waals surface area contributed by atoms with E-state index in [1.54, 1.807) is 0 Å². The van der Waals surface area contributed by atoms with E-state index in [1.807, 2.05) is 24.3 Å². The van der Waals surface area contributed by atoms with Gasteiger partial charge in [-0.15, -0.1) is 0 Å². The van der Waals surface area contributed by atoms with Crippen LogP contribution in [0.3, 0.4) is 0 Å². The zero-order valence-corrected chi connectivity index (χ0v) is 15.4. The number of hydrogen-bond acceptors (Lipinski definition) is 3. The van der Waals surface area contributed by atoms with Gasteiger partial charge in [-0.25, -0.2) is 0 Å². The summed E-state index contributed by atoms with van der Waals surface area (Å²) in [6, 6.07) is 21.1. The average Bonchev–Trinajstić information content (AvgIpc) is 3.51. The van der Waals surface area contributed by atoms with Gasteiger partial charge < -0.3 is 10.6 Å². The van der Waals surface area contributed by atoms with Crippen LogP contribution in [0, 0.1) is 0 Å². The van der Waals surface area contributed by atoms with Crippen LogP contribution in [0.25, 0.3) is 0 Å². The highest BCUT2D eigenvalue weighted by Gasteiger charge is 2.32. The maximum absolute atomic E-state index is 13.0. The molecule has 2 N–H and O–H groups in total. The molecule has 0 atom stereocenters. The number of rotatable bonds is 10. The first-order valence-corrected chi connectivity index (χ1v) is 9.56.